The van der Waals surface area contributed by atoms with Gasteiger partial charge in [0, 0.05) is 13.1 Å². The van der Waals surface area contributed by atoms with Gasteiger partial charge in [0.15, 0.2) is 6.61 Å². The maximum atomic E-state index is 12.3. The maximum Gasteiger partial charge on any atom is 0.308 e. The summed E-state index contributed by atoms with van der Waals surface area (Å²) in [5, 5.41) is 2.98. The number of rotatable bonds is 5. The molecule has 1 atom stereocenters. The zero-order valence-electron chi connectivity index (χ0n) is 15.2. The number of para-hydroxylation sites is 1. The van der Waals surface area contributed by atoms with Crippen molar-refractivity contribution in [2.75, 3.05) is 11.9 Å². The lowest BCUT2D eigenvalue weighted by atomic mass is 9.94. The predicted octanol–water partition coefficient (Wildman–Crippen LogP) is 3.79. The number of halogens is 1. The van der Waals surface area contributed by atoms with Crippen LogP contribution in [0.15, 0.2) is 54.7 Å². The van der Waals surface area contributed by atoms with Gasteiger partial charge in [-0.05, 0) is 29.3 Å². The molecule has 0 spiro atoms. The second-order valence-corrected chi connectivity index (χ2v) is 6.69. The van der Waals surface area contributed by atoms with Crippen LogP contribution in [0.3, 0.4) is 0 Å². The van der Waals surface area contributed by atoms with Crippen LogP contribution in [-0.4, -0.2) is 29.3 Å². The molecule has 0 aromatic heterocycles. The van der Waals surface area contributed by atoms with Crippen LogP contribution < -0.4 is 5.32 Å². The molecule has 6 nitrogen and oxygen atoms in total. The summed E-state index contributed by atoms with van der Waals surface area (Å²) in [4.78, 5) is 37.8. The Balaban J connectivity index is 1.62. The fraction of sp³-hybridized carbons (Fsp3) is 0.190. The van der Waals surface area contributed by atoms with E-state index in [1.54, 1.807) is 30.5 Å². The molecule has 0 unspecified atom stereocenters. The van der Waals surface area contributed by atoms with Crippen molar-refractivity contribution < 1.29 is 19.1 Å². The van der Waals surface area contributed by atoms with Crippen molar-refractivity contribution in [1.82, 2.24) is 4.90 Å². The smallest absolute Gasteiger partial charge is 0.308 e. The normalized spacial score (nSPS) is 14.9. The van der Waals surface area contributed by atoms with Gasteiger partial charge in [0.2, 0.25) is 5.91 Å². The summed E-state index contributed by atoms with van der Waals surface area (Å²) in [7, 11) is 0. The first-order valence-electron chi connectivity index (χ1n) is 8.71. The molecule has 0 saturated carbocycles. The average Bonchev–Trinajstić information content (AvgIpc) is 2.68. The zero-order chi connectivity index (χ0) is 20.1. The lowest BCUT2D eigenvalue weighted by Crippen LogP contribution is -2.33. The summed E-state index contributed by atoms with van der Waals surface area (Å²) < 4.78 is 5.11. The number of anilines is 1. The number of hydrogen-bond acceptors (Lipinski definition) is 4. The second-order valence-electron chi connectivity index (χ2n) is 6.28. The minimum absolute atomic E-state index is 0.0553. The lowest BCUT2D eigenvalue weighted by molar-refractivity contribution is -0.149. The van der Waals surface area contributed by atoms with E-state index in [2.05, 4.69) is 5.32 Å². The summed E-state index contributed by atoms with van der Waals surface area (Å²) in [5.41, 5.74) is 2.24. The molecule has 0 aliphatic carbocycles. The monoisotopic (exact) mass is 398 g/mol. The van der Waals surface area contributed by atoms with Crippen LogP contribution in [0.4, 0.5) is 5.69 Å². The molecule has 28 heavy (non-hydrogen) atoms. The summed E-state index contributed by atoms with van der Waals surface area (Å²) in [5.74, 6) is -1.25. The number of fused-ring (bicyclic) bond motifs is 1. The Morgan fingerprint density at radius 3 is 2.57 bits per heavy atom. The van der Waals surface area contributed by atoms with Gasteiger partial charge in [-0.2, -0.15) is 0 Å². The lowest BCUT2D eigenvalue weighted by Gasteiger charge is -2.32. The number of esters is 1. The highest BCUT2D eigenvalue weighted by Crippen LogP contribution is 2.33. The highest BCUT2D eigenvalue weighted by atomic mass is 35.5. The van der Waals surface area contributed by atoms with Gasteiger partial charge in [0.25, 0.3) is 5.91 Å². The van der Waals surface area contributed by atoms with Gasteiger partial charge in [-0.3, -0.25) is 14.4 Å². The molecule has 0 bridgehead atoms. The van der Waals surface area contributed by atoms with E-state index in [0.29, 0.717) is 10.7 Å². The Labute approximate surface area is 167 Å². The van der Waals surface area contributed by atoms with E-state index in [9.17, 15) is 14.4 Å². The van der Waals surface area contributed by atoms with Crippen molar-refractivity contribution in [3.05, 3.63) is 70.9 Å². The first-order chi connectivity index (χ1) is 13.5. The minimum atomic E-state index is -0.573. The topological polar surface area (TPSA) is 75.7 Å². The molecule has 1 aliphatic rings. The van der Waals surface area contributed by atoms with E-state index in [0.717, 1.165) is 11.1 Å². The first-order valence-corrected chi connectivity index (χ1v) is 9.09. The molecule has 0 saturated heterocycles. The SMILES string of the molecule is CC(=O)N1C=Cc2ccccc2[C@H]1CC(=O)OCC(=O)Nc1ccccc1Cl. The van der Waals surface area contributed by atoms with Gasteiger partial charge >= 0.3 is 5.97 Å². The van der Waals surface area contributed by atoms with Gasteiger partial charge in [-0.1, -0.05) is 48.0 Å². The van der Waals surface area contributed by atoms with Crippen LogP contribution in [-0.2, 0) is 19.1 Å². The van der Waals surface area contributed by atoms with Crippen LogP contribution in [0.25, 0.3) is 6.08 Å². The fourth-order valence-corrected chi connectivity index (χ4v) is 3.21. The second kappa shape index (κ2) is 8.71. The first kappa shape index (κ1) is 19.6. The number of nitrogens with one attached hydrogen (secondary N) is 1. The number of carbonyl (C=O) groups is 3. The van der Waals surface area contributed by atoms with Crippen LogP contribution in [0.1, 0.15) is 30.5 Å². The molecule has 2 aromatic carbocycles. The number of ether oxygens (including phenoxy) is 1. The van der Waals surface area contributed by atoms with E-state index in [1.165, 1.54) is 11.8 Å². The summed E-state index contributed by atoms with van der Waals surface area (Å²) >= 11 is 5.99. The summed E-state index contributed by atoms with van der Waals surface area (Å²) in [6, 6.07) is 13.8. The third-order valence-corrected chi connectivity index (χ3v) is 4.67. The molecule has 7 heteroatoms. The fourth-order valence-electron chi connectivity index (χ4n) is 3.02. The molecule has 2 amide bonds. The Bertz CT molecular complexity index is 942. The van der Waals surface area contributed by atoms with Crippen molar-refractivity contribution >= 4 is 41.1 Å². The number of nitrogens with zero attached hydrogens (tertiary/aromatic N) is 1. The van der Waals surface area contributed by atoms with Gasteiger partial charge in [-0.25, -0.2) is 0 Å². The van der Waals surface area contributed by atoms with E-state index in [-0.39, 0.29) is 12.3 Å². The standard InChI is InChI=1S/C21H19ClN2O4/c1-14(25)24-11-10-15-6-2-3-7-16(15)19(24)12-21(27)28-13-20(26)23-18-9-5-4-8-17(18)22/h2-11,19H,12-13H2,1H3,(H,23,26)/t19-/m1/s1. The molecule has 1 aliphatic heterocycles. The van der Waals surface area contributed by atoms with Gasteiger partial charge < -0.3 is 15.0 Å². The molecule has 2 aromatic rings. The summed E-state index contributed by atoms with van der Waals surface area (Å²) in [6.45, 7) is 1.00. The third kappa shape index (κ3) is 4.58. The van der Waals surface area contributed by atoms with E-state index in [4.69, 9.17) is 16.3 Å². The Kier molecular flexibility index (Phi) is 6.11. The van der Waals surface area contributed by atoms with Crippen molar-refractivity contribution in [2.24, 2.45) is 0 Å². The number of amides is 2. The van der Waals surface area contributed by atoms with Gasteiger partial charge in [0.05, 0.1) is 23.2 Å². The highest BCUT2D eigenvalue weighted by molar-refractivity contribution is 6.33. The largest absolute Gasteiger partial charge is 0.455 e. The molecule has 1 heterocycles. The molecular weight excluding hydrogens is 380 g/mol. The van der Waals surface area contributed by atoms with E-state index in [1.807, 2.05) is 30.3 Å². The average molecular weight is 399 g/mol. The number of carbonyl (C=O) groups excluding carboxylic acids is 3. The van der Waals surface area contributed by atoms with Crippen LogP contribution in [0.5, 0.6) is 0 Å². The predicted molar refractivity (Wildman–Crippen MR) is 106 cm³/mol. The molecule has 144 valence electrons. The molecule has 0 fully saturated rings. The number of hydrogen-bond donors (Lipinski definition) is 1. The van der Waals surface area contributed by atoms with Crippen molar-refractivity contribution in [3.8, 4) is 0 Å². The zero-order valence-corrected chi connectivity index (χ0v) is 16.0. The van der Waals surface area contributed by atoms with E-state index < -0.39 is 24.5 Å². The highest BCUT2D eigenvalue weighted by Gasteiger charge is 2.28. The molecular formula is C21H19ClN2O4. The molecule has 3 rings (SSSR count). The van der Waals surface area contributed by atoms with E-state index >= 15 is 0 Å². The Morgan fingerprint density at radius 2 is 1.82 bits per heavy atom. The van der Waals surface area contributed by atoms with Crippen molar-refractivity contribution in [1.29, 1.82) is 0 Å². The number of benzene rings is 2. The third-order valence-electron chi connectivity index (χ3n) is 4.34. The Hall–Kier alpha value is -3.12. The molecule has 0 radical (unpaired) electrons. The van der Waals surface area contributed by atoms with Crippen LogP contribution in [0.2, 0.25) is 5.02 Å². The minimum Gasteiger partial charge on any atom is -0.455 e. The van der Waals surface area contributed by atoms with Gasteiger partial charge in [0.1, 0.15) is 0 Å². The quantitative estimate of drug-likeness (QED) is 0.777. The maximum absolute atomic E-state index is 12.3. The van der Waals surface area contributed by atoms with Gasteiger partial charge in [-0.15, -0.1) is 0 Å². The van der Waals surface area contributed by atoms with Crippen LogP contribution in [0, 0.1) is 0 Å². The van der Waals surface area contributed by atoms with Crippen molar-refractivity contribution in [2.45, 2.75) is 19.4 Å². The summed E-state index contributed by atoms with van der Waals surface area (Å²) in [6.07, 6.45) is 3.43. The Morgan fingerprint density at radius 1 is 1.11 bits per heavy atom. The van der Waals surface area contributed by atoms with Crippen LogP contribution >= 0.6 is 11.6 Å². The molecule has 1 N–H and O–H groups in total. The van der Waals surface area contributed by atoms with Crippen molar-refractivity contribution in [3.63, 3.8) is 0 Å².